The number of thioether (sulfide) groups is 1. The molecule has 0 atom stereocenters. The quantitative estimate of drug-likeness (QED) is 0.380. The van der Waals surface area contributed by atoms with Crippen LogP contribution >= 0.6 is 11.8 Å². The van der Waals surface area contributed by atoms with E-state index < -0.39 is 0 Å². The van der Waals surface area contributed by atoms with Crippen LogP contribution in [0.5, 0.6) is 0 Å². The van der Waals surface area contributed by atoms with Gasteiger partial charge in [0.05, 0.1) is 11.3 Å². The maximum absolute atomic E-state index is 13.2. The van der Waals surface area contributed by atoms with Gasteiger partial charge in [0.2, 0.25) is 0 Å². The van der Waals surface area contributed by atoms with E-state index >= 15 is 0 Å². The Kier molecular flexibility index (Phi) is 5.13. The average Bonchev–Trinajstić information content (AvgIpc) is 3.06. The molecule has 7 nitrogen and oxygen atoms in total. The first-order valence-electron chi connectivity index (χ1n) is 8.77. The number of rotatable bonds is 5. The van der Waals surface area contributed by atoms with Crippen molar-refractivity contribution in [2.24, 2.45) is 0 Å². The van der Waals surface area contributed by atoms with Gasteiger partial charge >= 0.3 is 0 Å². The first-order chi connectivity index (χ1) is 14.0. The molecule has 2 aromatic carbocycles. The fraction of sp³-hybridized carbons (Fsp3) is 0.100. The molecule has 0 aliphatic carbocycles. The summed E-state index contributed by atoms with van der Waals surface area (Å²) >= 11 is 1.21. The summed E-state index contributed by atoms with van der Waals surface area (Å²) in [4.78, 5) is 21.5. The lowest BCUT2D eigenvalue weighted by Gasteiger charge is -2.11. The predicted octanol–water partition coefficient (Wildman–Crippen LogP) is 4.03. The number of nitrogens with two attached hydrogens (primary N) is 1. The molecule has 0 aliphatic rings. The number of nitrogen functional groups attached to an aromatic ring is 1. The van der Waals surface area contributed by atoms with E-state index in [1.54, 1.807) is 25.1 Å². The van der Waals surface area contributed by atoms with Crippen LogP contribution in [0.3, 0.4) is 0 Å². The summed E-state index contributed by atoms with van der Waals surface area (Å²) in [5.41, 5.74) is 7.75. The van der Waals surface area contributed by atoms with Crippen molar-refractivity contribution in [1.82, 2.24) is 19.7 Å². The molecule has 0 amide bonds. The molecule has 3 N–H and O–H groups in total. The number of carbonyl (C=O) groups is 1. The minimum Gasteiger partial charge on any atom is -0.382 e. The largest absolute Gasteiger partial charge is 0.382 e. The molecule has 2 heterocycles. The number of nitrogens with zero attached hydrogens (tertiary/aromatic N) is 4. The van der Waals surface area contributed by atoms with Gasteiger partial charge in [-0.3, -0.25) is 4.79 Å². The van der Waals surface area contributed by atoms with Gasteiger partial charge in [-0.05, 0) is 43.3 Å². The van der Waals surface area contributed by atoms with Gasteiger partial charge in [-0.2, -0.15) is 0 Å². The minimum absolute atomic E-state index is 0.107. The molecule has 29 heavy (non-hydrogen) atoms. The molecule has 0 bridgehead atoms. The molecule has 146 valence electrons. The van der Waals surface area contributed by atoms with E-state index in [0.717, 1.165) is 10.9 Å². The number of hydrogen-bond donors (Lipinski definition) is 2. The number of nitrogens with one attached hydrogen (secondary N) is 1. The molecule has 0 saturated heterocycles. The van der Waals surface area contributed by atoms with Crippen molar-refractivity contribution in [3.63, 3.8) is 0 Å². The lowest BCUT2D eigenvalue weighted by molar-refractivity contribution is 0.0924. The van der Waals surface area contributed by atoms with Crippen molar-refractivity contribution in [3.8, 4) is 0 Å². The Labute approximate surface area is 170 Å². The monoisotopic (exact) mass is 408 g/mol. The third-order valence-corrected chi connectivity index (χ3v) is 4.99. The number of hydrogen-bond acceptors (Lipinski definition) is 7. The highest BCUT2D eigenvalue weighted by atomic mass is 32.2. The number of carbonyl (C=O) groups excluding carboxylic acids is 1. The molecule has 0 unspecified atom stereocenters. The summed E-state index contributed by atoms with van der Waals surface area (Å²) in [6.45, 7) is 1.77. The first-order valence-corrected chi connectivity index (χ1v) is 9.76. The highest BCUT2D eigenvalue weighted by Gasteiger charge is 2.14. The molecule has 9 heteroatoms. The summed E-state index contributed by atoms with van der Waals surface area (Å²) in [5, 5.41) is 8.46. The summed E-state index contributed by atoms with van der Waals surface area (Å²) in [6, 6.07) is 15.2. The third kappa shape index (κ3) is 4.19. The van der Waals surface area contributed by atoms with Crippen LogP contribution in [-0.4, -0.2) is 31.4 Å². The SMILES string of the molecule is Cc1cc(N)nn1C(=O)CSc1nc(Nc2ccc(F)cc2)c2ccccc2n1. The van der Waals surface area contributed by atoms with E-state index in [4.69, 9.17) is 5.73 Å². The van der Waals surface area contributed by atoms with Crippen LogP contribution in [-0.2, 0) is 0 Å². The fourth-order valence-electron chi connectivity index (χ4n) is 2.82. The Morgan fingerprint density at radius 1 is 1.17 bits per heavy atom. The molecule has 0 fully saturated rings. The number of benzene rings is 2. The second-order valence-electron chi connectivity index (χ2n) is 6.31. The van der Waals surface area contributed by atoms with Gasteiger partial charge in [-0.1, -0.05) is 23.9 Å². The van der Waals surface area contributed by atoms with Crippen molar-refractivity contribution in [3.05, 3.63) is 66.1 Å². The molecule has 0 aliphatic heterocycles. The zero-order valence-corrected chi connectivity index (χ0v) is 16.3. The Bertz CT molecular complexity index is 1190. The maximum atomic E-state index is 13.2. The smallest absolute Gasteiger partial charge is 0.257 e. The van der Waals surface area contributed by atoms with Crippen LogP contribution < -0.4 is 11.1 Å². The van der Waals surface area contributed by atoms with Crippen molar-refractivity contribution in [1.29, 1.82) is 0 Å². The predicted molar refractivity (Wildman–Crippen MR) is 112 cm³/mol. The minimum atomic E-state index is -0.313. The zero-order valence-electron chi connectivity index (χ0n) is 15.5. The van der Waals surface area contributed by atoms with Gasteiger partial charge in [0, 0.05) is 22.8 Å². The van der Waals surface area contributed by atoms with E-state index in [2.05, 4.69) is 20.4 Å². The Morgan fingerprint density at radius 3 is 2.66 bits per heavy atom. The summed E-state index contributed by atoms with van der Waals surface area (Å²) < 4.78 is 14.5. The summed E-state index contributed by atoms with van der Waals surface area (Å²) in [7, 11) is 0. The van der Waals surface area contributed by atoms with Crippen LogP contribution in [0, 0.1) is 12.7 Å². The molecule has 2 aromatic heterocycles. The molecular formula is C20H17FN6OS. The molecule has 0 radical (unpaired) electrons. The second-order valence-corrected chi connectivity index (χ2v) is 7.25. The number of para-hydroxylation sites is 1. The van der Waals surface area contributed by atoms with E-state index in [-0.39, 0.29) is 17.5 Å². The average molecular weight is 408 g/mol. The highest BCUT2D eigenvalue weighted by molar-refractivity contribution is 7.99. The van der Waals surface area contributed by atoms with E-state index in [1.165, 1.54) is 28.6 Å². The fourth-order valence-corrected chi connectivity index (χ4v) is 3.52. The van der Waals surface area contributed by atoms with E-state index in [1.807, 2.05) is 24.3 Å². The lowest BCUT2D eigenvalue weighted by atomic mass is 10.2. The Hall–Kier alpha value is -3.46. The van der Waals surface area contributed by atoms with Gasteiger partial charge < -0.3 is 11.1 Å². The van der Waals surface area contributed by atoms with Crippen LogP contribution in [0.2, 0.25) is 0 Å². The van der Waals surface area contributed by atoms with Gasteiger partial charge in [-0.25, -0.2) is 19.0 Å². The van der Waals surface area contributed by atoms with Crippen LogP contribution in [0.25, 0.3) is 10.9 Å². The van der Waals surface area contributed by atoms with Crippen molar-refractivity contribution in [2.75, 3.05) is 16.8 Å². The number of halogens is 1. The number of anilines is 3. The van der Waals surface area contributed by atoms with Crippen LogP contribution in [0.1, 0.15) is 10.5 Å². The van der Waals surface area contributed by atoms with Crippen molar-refractivity contribution < 1.29 is 9.18 Å². The molecule has 0 saturated carbocycles. The lowest BCUT2D eigenvalue weighted by Crippen LogP contribution is -2.16. The number of aryl methyl sites for hydroxylation is 1. The summed E-state index contributed by atoms with van der Waals surface area (Å²) in [5.74, 6) is 0.461. The van der Waals surface area contributed by atoms with Gasteiger partial charge in [0.15, 0.2) is 5.16 Å². The van der Waals surface area contributed by atoms with Gasteiger partial charge in [0.25, 0.3) is 5.91 Å². The number of fused-ring (bicyclic) bond motifs is 1. The molecule has 0 spiro atoms. The topological polar surface area (TPSA) is 98.7 Å². The third-order valence-electron chi connectivity index (χ3n) is 4.16. The second kappa shape index (κ2) is 7.88. The Morgan fingerprint density at radius 2 is 1.93 bits per heavy atom. The summed E-state index contributed by atoms with van der Waals surface area (Å²) in [6.07, 6.45) is 0. The Balaban J connectivity index is 1.60. The van der Waals surface area contributed by atoms with E-state index in [0.29, 0.717) is 28.2 Å². The van der Waals surface area contributed by atoms with Crippen molar-refractivity contribution >= 4 is 45.9 Å². The van der Waals surface area contributed by atoms with Gasteiger partial charge in [0.1, 0.15) is 17.5 Å². The van der Waals surface area contributed by atoms with Crippen LogP contribution in [0.15, 0.2) is 59.8 Å². The molecular weight excluding hydrogens is 391 g/mol. The normalized spacial score (nSPS) is 11.0. The highest BCUT2D eigenvalue weighted by Crippen LogP contribution is 2.27. The number of aromatic nitrogens is 4. The standard InChI is InChI=1S/C20H17FN6OS/c1-12-10-17(22)26-27(12)18(28)11-29-20-24-16-5-3-2-4-15(16)19(25-20)23-14-8-6-13(21)7-9-14/h2-10H,11H2,1H3,(H2,22,26)(H,23,24,25). The molecule has 4 aromatic rings. The zero-order chi connectivity index (χ0) is 20.4. The van der Waals surface area contributed by atoms with Gasteiger partial charge in [-0.15, -0.1) is 5.10 Å². The first kappa shape index (κ1) is 18.9. The van der Waals surface area contributed by atoms with E-state index in [9.17, 15) is 9.18 Å². The van der Waals surface area contributed by atoms with Crippen molar-refractivity contribution in [2.45, 2.75) is 12.1 Å². The maximum Gasteiger partial charge on any atom is 0.257 e. The van der Waals surface area contributed by atoms with Crippen LogP contribution in [0.4, 0.5) is 21.7 Å². The molecule has 4 rings (SSSR count).